The maximum Gasteiger partial charge on any atom is 0.306 e. The lowest BCUT2D eigenvalue weighted by Crippen LogP contribution is -2.28. The highest BCUT2D eigenvalue weighted by atomic mass is 16.6. The van der Waals surface area contributed by atoms with Gasteiger partial charge in [0.1, 0.15) is 6.61 Å². The minimum Gasteiger partial charge on any atom is -0.462 e. The van der Waals surface area contributed by atoms with Crippen LogP contribution in [0.3, 0.4) is 0 Å². The van der Waals surface area contributed by atoms with Crippen molar-refractivity contribution in [3.05, 3.63) is 72.9 Å². The molecule has 0 aliphatic carbocycles. The minimum absolute atomic E-state index is 0.149. The molecule has 0 aliphatic rings. The molecule has 0 rings (SSSR count). The third-order valence-corrected chi connectivity index (χ3v) is 9.15. The molecule has 0 aliphatic heterocycles. The zero-order chi connectivity index (χ0) is 38.2. The van der Waals surface area contributed by atoms with E-state index in [1.54, 1.807) is 6.08 Å². The number of hydrogen-bond acceptors (Lipinski definition) is 6. The number of allylic oxidation sites excluding steroid dienone is 10. The number of carbonyl (C=O) groups excluding carboxylic acids is 2. The van der Waals surface area contributed by atoms with Crippen molar-refractivity contribution in [1.29, 1.82) is 0 Å². The fourth-order valence-corrected chi connectivity index (χ4v) is 5.58. The second kappa shape index (κ2) is 39.5. The number of rotatable bonds is 36. The first-order valence-electron chi connectivity index (χ1n) is 21.0. The van der Waals surface area contributed by atoms with Crippen molar-refractivity contribution in [2.75, 3.05) is 13.2 Å². The van der Waals surface area contributed by atoms with Crippen LogP contribution < -0.4 is 0 Å². The molecular weight excluding hydrogens is 648 g/mol. The molecule has 0 aromatic rings. The Morgan fingerprint density at radius 2 is 1.15 bits per heavy atom. The number of ether oxygens (including phenoxy) is 2. The van der Waals surface area contributed by atoms with Crippen molar-refractivity contribution in [2.24, 2.45) is 5.92 Å². The minimum atomic E-state index is -0.839. The van der Waals surface area contributed by atoms with Crippen LogP contribution in [-0.2, 0) is 19.1 Å². The molecule has 0 amide bonds. The summed E-state index contributed by atoms with van der Waals surface area (Å²) in [6.07, 6.45) is 48.5. The van der Waals surface area contributed by atoms with Crippen molar-refractivity contribution in [1.82, 2.24) is 0 Å². The summed E-state index contributed by atoms with van der Waals surface area (Å²) in [5, 5.41) is 19.7. The molecule has 0 bridgehead atoms. The number of unbranched alkanes of at least 4 members (excludes halogenated alkanes) is 13. The van der Waals surface area contributed by atoms with Crippen LogP contribution in [-0.4, -0.2) is 47.6 Å². The van der Waals surface area contributed by atoms with Gasteiger partial charge in [0.2, 0.25) is 0 Å². The number of carbonyl (C=O) groups is 2. The summed E-state index contributed by atoms with van der Waals surface area (Å²) in [7, 11) is 0. The molecule has 298 valence electrons. The maximum absolute atomic E-state index is 12.2. The van der Waals surface area contributed by atoms with Crippen LogP contribution in [0.25, 0.3) is 0 Å². The lowest BCUT2D eigenvalue weighted by Gasteiger charge is -2.15. The number of aliphatic hydroxyl groups excluding tert-OH is 2. The first-order valence-corrected chi connectivity index (χ1v) is 21.0. The van der Waals surface area contributed by atoms with Gasteiger partial charge in [0.05, 0.1) is 12.7 Å². The summed E-state index contributed by atoms with van der Waals surface area (Å²) in [6, 6.07) is 0. The molecule has 0 heterocycles. The predicted octanol–water partition coefficient (Wildman–Crippen LogP) is 12.2. The highest BCUT2D eigenvalue weighted by Gasteiger charge is 2.16. The highest BCUT2D eigenvalue weighted by Crippen LogP contribution is 2.16. The molecule has 2 N–H and O–H groups in total. The van der Waals surface area contributed by atoms with Crippen LogP contribution in [0.2, 0.25) is 0 Å². The van der Waals surface area contributed by atoms with E-state index >= 15 is 0 Å². The van der Waals surface area contributed by atoms with E-state index in [2.05, 4.69) is 57.2 Å². The van der Waals surface area contributed by atoms with Crippen LogP contribution >= 0.6 is 0 Å². The van der Waals surface area contributed by atoms with Crippen molar-refractivity contribution < 1.29 is 29.3 Å². The Morgan fingerprint density at radius 3 is 1.71 bits per heavy atom. The molecule has 0 saturated heterocycles. The third kappa shape index (κ3) is 37.1. The van der Waals surface area contributed by atoms with E-state index in [9.17, 15) is 19.8 Å². The predicted molar refractivity (Wildman–Crippen MR) is 220 cm³/mol. The van der Waals surface area contributed by atoms with E-state index in [4.69, 9.17) is 9.47 Å². The fraction of sp³-hybridized carbons (Fsp3) is 0.696. The van der Waals surface area contributed by atoms with E-state index in [0.29, 0.717) is 19.3 Å². The van der Waals surface area contributed by atoms with Gasteiger partial charge in [-0.3, -0.25) is 9.59 Å². The van der Waals surface area contributed by atoms with E-state index in [1.165, 1.54) is 83.5 Å². The van der Waals surface area contributed by atoms with Gasteiger partial charge in [-0.15, -0.1) is 0 Å². The van der Waals surface area contributed by atoms with E-state index in [1.807, 2.05) is 30.4 Å². The Balaban J connectivity index is 3.76. The molecule has 0 radical (unpaired) electrons. The van der Waals surface area contributed by atoms with Gasteiger partial charge in [0.15, 0.2) is 6.10 Å². The van der Waals surface area contributed by atoms with Crippen molar-refractivity contribution in [3.8, 4) is 0 Å². The van der Waals surface area contributed by atoms with Gasteiger partial charge in [-0.25, -0.2) is 0 Å². The fourth-order valence-electron chi connectivity index (χ4n) is 5.58. The van der Waals surface area contributed by atoms with E-state index in [0.717, 1.165) is 50.9 Å². The van der Waals surface area contributed by atoms with E-state index in [-0.39, 0.29) is 25.6 Å². The smallest absolute Gasteiger partial charge is 0.306 e. The molecule has 0 saturated carbocycles. The molecule has 2 unspecified atom stereocenters. The van der Waals surface area contributed by atoms with Gasteiger partial charge in [0, 0.05) is 12.8 Å². The van der Waals surface area contributed by atoms with Gasteiger partial charge >= 0.3 is 11.9 Å². The summed E-state index contributed by atoms with van der Waals surface area (Å²) in [6.45, 7) is 6.25. The van der Waals surface area contributed by atoms with Crippen LogP contribution in [0.15, 0.2) is 72.9 Å². The monoisotopic (exact) mass is 727 g/mol. The maximum atomic E-state index is 12.2. The van der Waals surface area contributed by atoms with Crippen LogP contribution in [0.5, 0.6) is 0 Å². The van der Waals surface area contributed by atoms with Gasteiger partial charge in [-0.2, -0.15) is 0 Å². The molecule has 0 aromatic heterocycles. The zero-order valence-corrected chi connectivity index (χ0v) is 33.6. The summed E-state index contributed by atoms with van der Waals surface area (Å²) in [4.78, 5) is 24.3. The second-order valence-electron chi connectivity index (χ2n) is 14.1. The normalized spacial score (nSPS) is 14.2. The number of aliphatic hydroxyl groups is 2. The van der Waals surface area contributed by atoms with Crippen LogP contribution in [0.1, 0.15) is 175 Å². The lowest BCUT2D eigenvalue weighted by molar-refractivity contribution is -0.161. The lowest BCUT2D eigenvalue weighted by atomic mass is 9.99. The third-order valence-electron chi connectivity index (χ3n) is 9.15. The summed E-state index contributed by atoms with van der Waals surface area (Å²) in [5.74, 6) is 0.118. The molecule has 3 atom stereocenters. The van der Waals surface area contributed by atoms with Gasteiger partial charge in [-0.1, -0.05) is 190 Å². The van der Waals surface area contributed by atoms with Gasteiger partial charge in [-0.05, 0) is 50.9 Å². The first-order chi connectivity index (χ1) is 25.4. The van der Waals surface area contributed by atoms with Crippen LogP contribution in [0, 0.1) is 5.92 Å². The molecule has 52 heavy (non-hydrogen) atoms. The Morgan fingerprint density at radius 1 is 0.615 bits per heavy atom. The Labute approximate surface area is 319 Å². The Kier molecular flexibility index (Phi) is 37.5. The average molecular weight is 727 g/mol. The quantitative estimate of drug-likeness (QED) is 0.0289. The molecule has 0 aromatic carbocycles. The topological polar surface area (TPSA) is 93.1 Å². The molecule has 6 heteroatoms. The SMILES string of the molecule is CC/C=C\C/C=C\C/C=C\C/C=C\C=C/C(O)C/C=C\CCC(=O)OC[C@H](CO)OC(=O)CCCCCCCCCCCCCCCCC(C)CC. The second-order valence-corrected chi connectivity index (χ2v) is 14.1. The van der Waals surface area contributed by atoms with Gasteiger partial charge in [0.25, 0.3) is 0 Å². The summed E-state index contributed by atoms with van der Waals surface area (Å²) in [5.41, 5.74) is 0. The molecule has 0 spiro atoms. The molecule has 0 fully saturated rings. The standard InChI is InChI=1S/C46H78O6/c1-4-6-7-8-9-10-11-14-18-21-24-27-31-36-43(48)37-32-29-34-38-45(49)51-41-44(40-47)52-46(50)39-33-28-25-22-19-16-13-12-15-17-20-23-26-30-35-42(3)5-2/h6-7,9-10,14,18,24,27,29,31-32,36,42-44,47-48H,4-5,8,11-13,15-17,19-23,25-26,28,30,33-35,37-41H2,1-3H3/b7-6-,10-9-,18-14-,27-24-,32-29-,36-31-/t42?,43?,44-/m0/s1. The van der Waals surface area contributed by atoms with Crippen molar-refractivity contribution >= 4 is 11.9 Å². The largest absolute Gasteiger partial charge is 0.462 e. The Hall–Kier alpha value is -2.70. The molecular formula is C46H78O6. The number of hydrogen-bond donors (Lipinski definition) is 2. The van der Waals surface area contributed by atoms with Crippen molar-refractivity contribution in [3.63, 3.8) is 0 Å². The number of esters is 2. The van der Waals surface area contributed by atoms with Crippen LogP contribution in [0.4, 0.5) is 0 Å². The Bertz CT molecular complexity index is 991. The average Bonchev–Trinajstić information content (AvgIpc) is 3.14. The molecule has 6 nitrogen and oxygen atoms in total. The van der Waals surface area contributed by atoms with E-state index < -0.39 is 18.2 Å². The zero-order valence-electron chi connectivity index (χ0n) is 33.6. The summed E-state index contributed by atoms with van der Waals surface area (Å²) >= 11 is 0. The summed E-state index contributed by atoms with van der Waals surface area (Å²) < 4.78 is 10.5. The van der Waals surface area contributed by atoms with Gasteiger partial charge < -0.3 is 19.7 Å². The first kappa shape index (κ1) is 49.3. The highest BCUT2D eigenvalue weighted by molar-refractivity contribution is 5.70. The van der Waals surface area contributed by atoms with Crippen molar-refractivity contribution in [2.45, 2.75) is 187 Å².